The van der Waals surface area contributed by atoms with Crippen LogP contribution < -0.4 is 0 Å². The maximum atomic E-state index is 6.51. The number of fused-ring (bicyclic) bond motifs is 8. The highest BCUT2D eigenvalue weighted by molar-refractivity contribution is 7.02. The molecule has 14 rings (SSSR count). The van der Waals surface area contributed by atoms with Crippen LogP contribution in [0.1, 0.15) is 0 Å². The van der Waals surface area contributed by atoms with Gasteiger partial charge in [0.05, 0.1) is 0 Å². The van der Waals surface area contributed by atoms with E-state index in [2.05, 4.69) is 0 Å². The van der Waals surface area contributed by atoms with E-state index in [1.54, 1.807) is 26.2 Å². The Morgan fingerprint density at radius 1 is 0.121 bits per heavy atom. The monoisotopic (exact) mass is 1100 g/mol. The zero-order valence-electron chi connectivity index (χ0n) is 37.0. The predicted octanol–water partition coefficient (Wildman–Crippen LogP) is 4.08. The molecule has 58 heavy (non-hydrogen) atoms. The molecule has 14 fully saturated rings. The van der Waals surface area contributed by atoms with Crippen molar-refractivity contribution in [2.24, 2.45) is 0 Å². The Kier molecular flexibility index (Phi) is 11.8. The molecule has 0 unspecified atom stereocenters. The standard InChI is InChI=1S/2C10H30O11Si8/c2*1-22(2)11-24(5)15-25(6)12-23(3,4)14-27(8)19-29(10,17-25)20-26(7,13-22)18-28(9,16-24)21-27/h2*1-10H3/t2*24-,25-,26+,27+,28-,29-/m00/s1. The lowest BCUT2D eigenvalue weighted by Crippen LogP contribution is -2.82. The van der Waals surface area contributed by atoms with Crippen LogP contribution in [0.3, 0.4) is 0 Å². The van der Waals surface area contributed by atoms with Crippen molar-refractivity contribution in [1.29, 1.82) is 0 Å². The minimum absolute atomic E-state index is 1.80. The Labute approximate surface area is 359 Å². The van der Waals surface area contributed by atoms with Crippen LogP contribution in [0.25, 0.3) is 0 Å². The molecular weight excluding hydrogens is 1040 g/mol. The summed E-state index contributed by atoms with van der Waals surface area (Å²) in [7, 11) is -51.3. The number of hydrogen-bond acceptors (Lipinski definition) is 22. The van der Waals surface area contributed by atoms with Crippen molar-refractivity contribution in [2.45, 2.75) is 131 Å². The third kappa shape index (κ3) is 10.7. The molecule has 0 aromatic rings. The van der Waals surface area contributed by atoms with Gasteiger partial charge in [0.25, 0.3) is 0 Å². The van der Waals surface area contributed by atoms with Gasteiger partial charge in [0.1, 0.15) is 0 Å². The molecule has 0 radical (unpaired) electrons. The van der Waals surface area contributed by atoms with Crippen LogP contribution in [0.15, 0.2) is 0 Å². The lowest BCUT2D eigenvalue weighted by Gasteiger charge is -2.57. The van der Waals surface area contributed by atoms with Gasteiger partial charge in [0.15, 0.2) is 0 Å². The van der Waals surface area contributed by atoms with Crippen LogP contribution in [-0.4, -0.2) is 140 Å². The number of hydrogen-bond donors (Lipinski definition) is 0. The Morgan fingerprint density at radius 3 is 0.276 bits per heavy atom. The molecule has 14 heterocycles. The summed E-state index contributed by atoms with van der Waals surface area (Å²) in [6, 6.07) is 0. The van der Waals surface area contributed by atoms with Gasteiger partial charge in [-0.15, -0.1) is 0 Å². The molecular formula is C20H60O22Si16. The number of rotatable bonds is 0. The van der Waals surface area contributed by atoms with E-state index >= 15 is 0 Å². The minimum Gasteiger partial charge on any atom is -0.395 e. The zero-order valence-corrected chi connectivity index (χ0v) is 53.0. The Morgan fingerprint density at radius 2 is 0.190 bits per heavy atom. The van der Waals surface area contributed by atoms with Crippen molar-refractivity contribution >= 4 is 140 Å². The lowest BCUT2D eigenvalue weighted by atomic mass is 11.9. The highest BCUT2D eigenvalue weighted by Gasteiger charge is 2.76. The van der Waals surface area contributed by atoms with Gasteiger partial charge in [-0.1, -0.05) is 0 Å². The maximum absolute atomic E-state index is 6.51. The van der Waals surface area contributed by atoms with E-state index in [1.807, 2.05) is 105 Å². The van der Waals surface area contributed by atoms with E-state index in [0.717, 1.165) is 0 Å². The molecule has 14 aliphatic heterocycles. The second kappa shape index (κ2) is 14.1. The van der Waals surface area contributed by atoms with Gasteiger partial charge in [-0.05, 0) is 52.4 Å². The van der Waals surface area contributed by atoms with E-state index in [4.69, 9.17) is 90.5 Å². The fraction of sp³-hybridized carbons (Fsp3) is 1.00. The molecule has 22 nitrogen and oxygen atoms in total. The molecule has 336 valence electrons. The highest BCUT2D eigenvalue weighted by atomic mass is 28.6. The van der Waals surface area contributed by atoms with Gasteiger partial charge < -0.3 is 90.5 Å². The topological polar surface area (TPSA) is 203 Å². The Hall–Kier alpha value is 2.59. The summed E-state index contributed by atoms with van der Waals surface area (Å²) in [6.45, 7) is 37.1. The normalized spacial score (nSPS) is 56.5. The van der Waals surface area contributed by atoms with Gasteiger partial charge in [-0.3, -0.25) is 0 Å². The Bertz CT molecular complexity index is 1440. The van der Waals surface area contributed by atoms with Crippen LogP contribution in [0.2, 0.25) is 131 Å². The van der Waals surface area contributed by atoms with Crippen LogP contribution >= 0.6 is 0 Å². The molecule has 0 saturated carbocycles. The van der Waals surface area contributed by atoms with Gasteiger partial charge in [0, 0.05) is 78.6 Å². The van der Waals surface area contributed by atoms with Gasteiger partial charge in [-0.25, -0.2) is 0 Å². The average molecular weight is 1100 g/mol. The molecule has 0 N–H and O–H groups in total. The van der Waals surface area contributed by atoms with Crippen molar-refractivity contribution in [3.8, 4) is 0 Å². The zero-order chi connectivity index (χ0) is 43.6. The molecule has 14 saturated heterocycles. The van der Waals surface area contributed by atoms with E-state index in [0.29, 0.717) is 0 Å². The molecule has 0 aromatic carbocycles. The molecule has 14 aliphatic rings. The third-order valence-electron chi connectivity index (χ3n) is 8.64. The summed E-state index contributed by atoms with van der Waals surface area (Å²) in [5.41, 5.74) is 0. The molecule has 0 amide bonds. The maximum Gasteiger partial charge on any atom is 0.475 e. The first-order valence-corrected chi connectivity index (χ1v) is 56.9. The largest absolute Gasteiger partial charge is 0.475 e. The van der Waals surface area contributed by atoms with E-state index < -0.39 is 140 Å². The summed E-state index contributed by atoms with van der Waals surface area (Å²) in [5.74, 6) is 0. The molecule has 12 bridgehead atoms. The van der Waals surface area contributed by atoms with Gasteiger partial charge in [0.2, 0.25) is 0 Å². The van der Waals surface area contributed by atoms with Crippen LogP contribution in [0, 0.1) is 0 Å². The van der Waals surface area contributed by atoms with Crippen molar-refractivity contribution in [3.63, 3.8) is 0 Å². The molecule has 4 atom stereocenters. The highest BCUT2D eigenvalue weighted by Crippen LogP contribution is 2.47. The van der Waals surface area contributed by atoms with Crippen LogP contribution in [0.4, 0.5) is 0 Å². The van der Waals surface area contributed by atoms with Gasteiger partial charge in [-0.2, -0.15) is 0 Å². The summed E-state index contributed by atoms with van der Waals surface area (Å²) < 4.78 is 142. The van der Waals surface area contributed by atoms with E-state index in [-0.39, 0.29) is 0 Å². The fourth-order valence-corrected chi connectivity index (χ4v) is 97.1. The van der Waals surface area contributed by atoms with Crippen LogP contribution in [-0.2, 0) is 90.5 Å². The second-order valence-corrected chi connectivity index (χ2v) is 68.1. The first-order valence-electron chi connectivity index (χ1n) is 19.0. The smallest absolute Gasteiger partial charge is 0.395 e. The van der Waals surface area contributed by atoms with Gasteiger partial charge >= 0.3 is 140 Å². The van der Waals surface area contributed by atoms with Crippen LogP contribution in [0.5, 0.6) is 0 Å². The first-order chi connectivity index (χ1) is 25.6. The summed E-state index contributed by atoms with van der Waals surface area (Å²) in [5, 5.41) is 0. The molecule has 38 heteroatoms. The van der Waals surface area contributed by atoms with Crippen molar-refractivity contribution < 1.29 is 90.5 Å². The molecule has 0 spiro atoms. The quantitative estimate of drug-likeness (QED) is 0.314. The minimum atomic E-state index is -3.41. The summed E-state index contributed by atoms with van der Waals surface area (Å²) >= 11 is 0. The lowest BCUT2D eigenvalue weighted by molar-refractivity contribution is 0.0159. The second-order valence-electron chi connectivity index (χ2n) is 18.2. The average Bonchev–Trinajstić information content (AvgIpc) is 2.75. The third-order valence-corrected chi connectivity index (χ3v) is 77.8. The molecule has 0 aliphatic carbocycles. The van der Waals surface area contributed by atoms with Crippen molar-refractivity contribution in [3.05, 3.63) is 0 Å². The van der Waals surface area contributed by atoms with Crippen molar-refractivity contribution in [2.75, 3.05) is 0 Å². The Balaban J connectivity index is 0.000000177. The van der Waals surface area contributed by atoms with E-state index in [9.17, 15) is 0 Å². The molecule has 0 aromatic heterocycles. The first kappa shape index (κ1) is 48.5. The SMILES string of the molecule is C[Si]1(C)O[Si@@]2(C)O[Si@]3(C)O[Si](C)(C)O[Si@]4(C)O[Si@](C)(O3)O[Si@](C)(O1)O[Si@](C)(O2)O4.C[Si]1(C)O[Si@@]2(C)O[Si@]3(C)O[Si](C)(C)O[Si@]4(C)O[Si@](C)(O3)O[Si@](C)(O1)O[Si@](C)(O2)O4. The summed E-state index contributed by atoms with van der Waals surface area (Å²) in [4.78, 5) is 0. The summed E-state index contributed by atoms with van der Waals surface area (Å²) in [6.07, 6.45) is 0. The van der Waals surface area contributed by atoms with E-state index in [1.165, 1.54) is 0 Å². The predicted molar refractivity (Wildman–Crippen MR) is 233 cm³/mol. The van der Waals surface area contributed by atoms with Crippen molar-refractivity contribution in [1.82, 2.24) is 0 Å². The fourth-order valence-electron chi connectivity index (χ4n) is 9.12.